The van der Waals surface area contributed by atoms with Crippen LogP contribution in [-0.4, -0.2) is 46.4 Å². The summed E-state index contributed by atoms with van der Waals surface area (Å²) in [7, 11) is 0.0788. The molecule has 0 spiro atoms. The fraction of sp³-hybridized carbons (Fsp3) is 0.316. The second-order valence-corrected chi connectivity index (χ2v) is 8.20. The van der Waals surface area contributed by atoms with Crippen molar-refractivity contribution in [3.05, 3.63) is 59.2 Å². The summed E-state index contributed by atoms with van der Waals surface area (Å²) in [5.74, 6) is -0.343. The Balaban J connectivity index is 2.17. The lowest BCUT2D eigenvalue weighted by atomic mass is 10.1. The van der Waals surface area contributed by atoms with E-state index in [1.807, 2.05) is 51.0 Å². The molecular weight excluding hydrogens is 350 g/mol. The van der Waals surface area contributed by atoms with E-state index in [1.54, 1.807) is 12.1 Å². The van der Waals surface area contributed by atoms with Gasteiger partial charge in [0.15, 0.2) is 0 Å². The van der Waals surface area contributed by atoms with Crippen LogP contribution in [-0.2, 0) is 10.0 Å². The van der Waals surface area contributed by atoms with E-state index in [4.69, 9.17) is 0 Å². The molecule has 0 saturated carbocycles. The molecule has 0 saturated heterocycles. The fourth-order valence-corrected chi connectivity index (χ4v) is 3.44. The molecule has 2 rings (SSSR count). The minimum atomic E-state index is -3.66. The van der Waals surface area contributed by atoms with Crippen LogP contribution in [0.5, 0.6) is 0 Å². The van der Waals surface area contributed by atoms with Gasteiger partial charge in [-0.05, 0) is 63.3 Å². The van der Waals surface area contributed by atoms with Crippen molar-refractivity contribution in [2.24, 2.45) is 0 Å². The van der Waals surface area contributed by atoms with Crippen LogP contribution >= 0.6 is 0 Å². The number of carbonyl (C=O) groups is 1. The molecular formula is C19H25N3O3S. The standard InChI is InChI=1S/C19H25N3O3S/c1-14-7-5-10-18(15(14)2)21-19(23)16-8-6-9-17(13-16)26(24,25)20-11-12-22(3)4/h5-10,13,20H,11-12H2,1-4H3,(H,21,23). The number of rotatable bonds is 7. The molecule has 0 aliphatic carbocycles. The lowest BCUT2D eigenvalue weighted by Crippen LogP contribution is -2.31. The molecule has 0 radical (unpaired) electrons. The van der Waals surface area contributed by atoms with Crippen molar-refractivity contribution in [2.75, 3.05) is 32.5 Å². The van der Waals surface area contributed by atoms with Crippen LogP contribution in [0.4, 0.5) is 5.69 Å². The number of aryl methyl sites for hydroxylation is 1. The first-order chi connectivity index (χ1) is 12.2. The molecule has 0 aliphatic rings. The van der Waals surface area contributed by atoms with Crippen LogP contribution in [0.3, 0.4) is 0 Å². The van der Waals surface area contributed by atoms with E-state index >= 15 is 0 Å². The molecule has 7 heteroatoms. The van der Waals surface area contributed by atoms with Crippen molar-refractivity contribution in [1.82, 2.24) is 9.62 Å². The monoisotopic (exact) mass is 375 g/mol. The minimum absolute atomic E-state index is 0.0740. The number of carbonyl (C=O) groups excluding carboxylic acids is 1. The number of sulfonamides is 1. The number of benzene rings is 2. The molecule has 2 N–H and O–H groups in total. The van der Waals surface area contributed by atoms with Crippen LogP contribution in [0, 0.1) is 13.8 Å². The van der Waals surface area contributed by atoms with Crippen molar-refractivity contribution >= 4 is 21.6 Å². The summed E-state index contributed by atoms with van der Waals surface area (Å²) < 4.78 is 27.3. The first kappa shape index (κ1) is 20.1. The van der Waals surface area contributed by atoms with Gasteiger partial charge in [-0.1, -0.05) is 18.2 Å². The van der Waals surface area contributed by atoms with Crippen LogP contribution in [0.15, 0.2) is 47.4 Å². The summed E-state index contributed by atoms with van der Waals surface area (Å²) in [5, 5.41) is 2.84. The molecule has 0 fully saturated rings. The molecule has 26 heavy (non-hydrogen) atoms. The van der Waals surface area contributed by atoms with E-state index in [1.165, 1.54) is 12.1 Å². The lowest BCUT2D eigenvalue weighted by molar-refractivity contribution is 0.102. The SMILES string of the molecule is Cc1cccc(NC(=O)c2cccc(S(=O)(=O)NCCN(C)C)c2)c1C. The Morgan fingerprint density at radius 2 is 1.77 bits per heavy atom. The first-order valence-electron chi connectivity index (χ1n) is 8.33. The molecule has 140 valence electrons. The van der Waals surface area contributed by atoms with Crippen LogP contribution in [0.25, 0.3) is 0 Å². The molecule has 1 amide bonds. The second kappa shape index (κ2) is 8.44. The molecule has 0 heterocycles. The average molecular weight is 375 g/mol. The van der Waals surface area contributed by atoms with E-state index in [9.17, 15) is 13.2 Å². The predicted octanol–water partition coefficient (Wildman–Crippen LogP) is 2.40. The summed E-state index contributed by atoms with van der Waals surface area (Å²) in [5.41, 5.74) is 3.06. The molecule has 2 aromatic carbocycles. The molecule has 2 aromatic rings. The van der Waals surface area contributed by atoms with Gasteiger partial charge in [0, 0.05) is 24.3 Å². The highest BCUT2D eigenvalue weighted by Crippen LogP contribution is 2.19. The Bertz CT molecular complexity index is 893. The molecule has 0 aromatic heterocycles. The van der Waals surface area contributed by atoms with Gasteiger partial charge < -0.3 is 10.2 Å². The zero-order chi connectivity index (χ0) is 19.3. The molecule has 0 bridgehead atoms. The Kier molecular flexibility index (Phi) is 6.52. The Morgan fingerprint density at radius 1 is 1.08 bits per heavy atom. The highest BCUT2D eigenvalue weighted by atomic mass is 32.2. The molecule has 6 nitrogen and oxygen atoms in total. The summed E-state index contributed by atoms with van der Waals surface area (Å²) in [6, 6.07) is 11.7. The number of amides is 1. The molecule has 0 aliphatic heterocycles. The van der Waals surface area contributed by atoms with Crippen LogP contribution in [0.1, 0.15) is 21.5 Å². The topological polar surface area (TPSA) is 78.5 Å². The quantitative estimate of drug-likeness (QED) is 0.779. The Labute approximate surface area is 155 Å². The number of anilines is 1. The number of nitrogens with zero attached hydrogens (tertiary/aromatic N) is 1. The summed E-state index contributed by atoms with van der Waals surface area (Å²) in [6.45, 7) is 4.79. The van der Waals surface area contributed by atoms with Gasteiger partial charge in [-0.2, -0.15) is 0 Å². The zero-order valence-electron chi connectivity index (χ0n) is 15.5. The number of nitrogens with one attached hydrogen (secondary N) is 2. The normalized spacial score (nSPS) is 11.6. The lowest BCUT2D eigenvalue weighted by Gasteiger charge is -2.12. The zero-order valence-corrected chi connectivity index (χ0v) is 16.4. The third-order valence-electron chi connectivity index (χ3n) is 4.11. The number of hydrogen-bond acceptors (Lipinski definition) is 4. The third kappa shape index (κ3) is 5.14. The summed E-state index contributed by atoms with van der Waals surface area (Å²) >= 11 is 0. The maximum Gasteiger partial charge on any atom is 0.255 e. The van der Waals surface area contributed by atoms with Gasteiger partial charge in [0.1, 0.15) is 0 Å². The van der Waals surface area contributed by atoms with Gasteiger partial charge in [0.25, 0.3) is 5.91 Å². The maximum atomic E-state index is 12.5. The fourth-order valence-electron chi connectivity index (χ4n) is 2.37. The average Bonchev–Trinajstić information content (AvgIpc) is 2.58. The van der Waals surface area contributed by atoms with E-state index in [-0.39, 0.29) is 10.8 Å². The minimum Gasteiger partial charge on any atom is -0.322 e. The van der Waals surface area contributed by atoms with Crippen LogP contribution < -0.4 is 10.0 Å². The second-order valence-electron chi connectivity index (χ2n) is 6.43. The Hall–Kier alpha value is -2.22. The number of hydrogen-bond donors (Lipinski definition) is 2. The Morgan fingerprint density at radius 3 is 2.46 bits per heavy atom. The van der Waals surface area contributed by atoms with E-state index in [0.717, 1.165) is 11.1 Å². The smallest absolute Gasteiger partial charge is 0.255 e. The van der Waals surface area contributed by atoms with Crippen LogP contribution in [0.2, 0.25) is 0 Å². The maximum absolute atomic E-state index is 12.5. The molecule has 0 unspecified atom stereocenters. The van der Waals surface area contributed by atoms with Gasteiger partial charge in [-0.15, -0.1) is 0 Å². The van der Waals surface area contributed by atoms with Gasteiger partial charge in [-0.25, -0.2) is 13.1 Å². The van der Waals surface area contributed by atoms with Crippen molar-refractivity contribution in [3.63, 3.8) is 0 Å². The van der Waals surface area contributed by atoms with E-state index in [2.05, 4.69) is 10.0 Å². The molecule has 0 atom stereocenters. The third-order valence-corrected chi connectivity index (χ3v) is 5.57. The van der Waals surface area contributed by atoms with E-state index < -0.39 is 10.0 Å². The van der Waals surface area contributed by atoms with Gasteiger partial charge in [-0.3, -0.25) is 4.79 Å². The first-order valence-corrected chi connectivity index (χ1v) is 9.81. The van der Waals surface area contributed by atoms with E-state index in [0.29, 0.717) is 24.3 Å². The highest BCUT2D eigenvalue weighted by molar-refractivity contribution is 7.89. The van der Waals surface area contributed by atoms with Gasteiger partial charge in [0.2, 0.25) is 10.0 Å². The van der Waals surface area contributed by atoms with Crippen molar-refractivity contribution in [3.8, 4) is 0 Å². The van der Waals surface area contributed by atoms with Crippen molar-refractivity contribution < 1.29 is 13.2 Å². The number of likely N-dealkylation sites (N-methyl/N-ethyl adjacent to an activating group) is 1. The van der Waals surface area contributed by atoms with Crippen molar-refractivity contribution in [2.45, 2.75) is 18.7 Å². The largest absolute Gasteiger partial charge is 0.322 e. The summed E-state index contributed by atoms with van der Waals surface area (Å²) in [4.78, 5) is 14.5. The summed E-state index contributed by atoms with van der Waals surface area (Å²) in [6.07, 6.45) is 0. The highest BCUT2D eigenvalue weighted by Gasteiger charge is 2.16. The van der Waals surface area contributed by atoms with Gasteiger partial charge in [0.05, 0.1) is 4.90 Å². The van der Waals surface area contributed by atoms with Crippen molar-refractivity contribution in [1.29, 1.82) is 0 Å². The van der Waals surface area contributed by atoms with Gasteiger partial charge >= 0.3 is 0 Å². The predicted molar refractivity (Wildman–Crippen MR) is 104 cm³/mol.